The number of para-hydroxylation sites is 2. The molecule has 1 aliphatic rings. The number of unbranched alkanes of at least 4 members (excludes halogenated alkanes) is 3. The Morgan fingerprint density at radius 2 is 1.86 bits per heavy atom. The lowest BCUT2D eigenvalue weighted by Gasteiger charge is -2.14. The highest BCUT2D eigenvalue weighted by molar-refractivity contribution is 8.26. The van der Waals surface area contributed by atoms with Crippen molar-refractivity contribution in [2.24, 2.45) is 0 Å². The highest BCUT2D eigenvalue weighted by Gasteiger charge is 2.32. The van der Waals surface area contributed by atoms with E-state index in [4.69, 9.17) is 21.7 Å². The highest BCUT2D eigenvalue weighted by Crippen LogP contribution is 2.36. The van der Waals surface area contributed by atoms with Gasteiger partial charge in [0.2, 0.25) is 5.88 Å². The molecule has 9 heteroatoms. The molecule has 0 radical (unpaired) electrons. The highest BCUT2D eigenvalue weighted by atomic mass is 32.2. The summed E-state index contributed by atoms with van der Waals surface area (Å²) in [5.74, 6) is 0.817. The average molecular weight is 510 g/mol. The van der Waals surface area contributed by atoms with E-state index >= 15 is 0 Å². The number of rotatable bonds is 9. The van der Waals surface area contributed by atoms with Gasteiger partial charge in [-0.2, -0.15) is 4.98 Å². The van der Waals surface area contributed by atoms with E-state index in [2.05, 4.69) is 11.9 Å². The zero-order valence-electron chi connectivity index (χ0n) is 19.9. The average Bonchev–Trinajstić information content (AvgIpc) is 3.12. The van der Waals surface area contributed by atoms with Gasteiger partial charge in [-0.3, -0.25) is 18.9 Å². The molecular formula is C26H27N3O4S2. The minimum absolute atomic E-state index is 0.0991. The molecule has 1 saturated heterocycles. The number of ether oxygens (including phenoxy) is 2. The summed E-state index contributed by atoms with van der Waals surface area (Å²) >= 11 is 6.66. The lowest BCUT2D eigenvalue weighted by atomic mass is 10.2. The normalized spacial score (nSPS) is 14.8. The number of methoxy groups -OCH3 is 1. The van der Waals surface area contributed by atoms with Gasteiger partial charge in [0.25, 0.3) is 11.5 Å². The fourth-order valence-electron chi connectivity index (χ4n) is 3.82. The van der Waals surface area contributed by atoms with Crippen LogP contribution in [0.4, 0.5) is 0 Å². The fraction of sp³-hybridized carbons (Fsp3) is 0.308. The van der Waals surface area contributed by atoms with Crippen molar-refractivity contribution in [1.29, 1.82) is 0 Å². The van der Waals surface area contributed by atoms with Crippen molar-refractivity contribution in [2.75, 3.05) is 13.7 Å². The van der Waals surface area contributed by atoms with Crippen LogP contribution in [0.5, 0.6) is 17.4 Å². The molecule has 35 heavy (non-hydrogen) atoms. The molecule has 0 atom stereocenters. The van der Waals surface area contributed by atoms with Crippen LogP contribution >= 0.6 is 24.0 Å². The second-order valence-electron chi connectivity index (χ2n) is 8.17. The Kier molecular flexibility index (Phi) is 7.87. The van der Waals surface area contributed by atoms with Gasteiger partial charge >= 0.3 is 0 Å². The molecule has 0 spiro atoms. The fourth-order valence-corrected chi connectivity index (χ4v) is 5.11. The van der Waals surface area contributed by atoms with E-state index in [1.165, 1.54) is 16.2 Å². The Bertz CT molecular complexity index is 1370. The molecule has 3 aromatic rings. The smallest absolute Gasteiger partial charge is 0.269 e. The predicted molar refractivity (Wildman–Crippen MR) is 143 cm³/mol. The summed E-state index contributed by atoms with van der Waals surface area (Å²) in [6.07, 6.45) is 7.36. The topological polar surface area (TPSA) is 73.1 Å². The minimum Gasteiger partial charge on any atom is -0.493 e. The number of hydrogen-bond donors (Lipinski definition) is 0. The molecule has 0 N–H and O–H groups in total. The van der Waals surface area contributed by atoms with Crippen molar-refractivity contribution < 1.29 is 14.3 Å². The zero-order chi connectivity index (χ0) is 24.9. The van der Waals surface area contributed by atoms with Crippen molar-refractivity contribution in [3.05, 3.63) is 69.0 Å². The zero-order valence-corrected chi connectivity index (χ0v) is 21.6. The number of aryl methyl sites for hydroxylation is 1. The molecule has 182 valence electrons. The lowest BCUT2D eigenvalue weighted by molar-refractivity contribution is -0.122. The van der Waals surface area contributed by atoms with Crippen molar-refractivity contribution in [2.45, 2.75) is 39.5 Å². The summed E-state index contributed by atoms with van der Waals surface area (Å²) in [6, 6.07) is 10.8. The van der Waals surface area contributed by atoms with Gasteiger partial charge in [0.15, 0.2) is 11.5 Å². The third-order valence-corrected chi connectivity index (χ3v) is 7.09. The van der Waals surface area contributed by atoms with Crippen molar-refractivity contribution in [1.82, 2.24) is 14.3 Å². The first kappa shape index (κ1) is 24.9. The van der Waals surface area contributed by atoms with E-state index in [0.717, 1.165) is 31.2 Å². The van der Waals surface area contributed by atoms with E-state index in [-0.39, 0.29) is 22.9 Å². The largest absolute Gasteiger partial charge is 0.493 e. The van der Waals surface area contributed by atoms with E-state index in [1.807, 2.05) is 19.1 Å². The summed E-state index contributed by atoms with van der Waals surface area (Å²) in [6.45, 7) is 4.59. The van der Waals surface area contributed by atoms with Crippen LogP contribution in [0.2, 0.25) is 0 Å². The first-order valence-corrected chi connectivity index (χ1v) is 12.7. The Hall–Kier alpha value is -3.17. The van der Waals surface area contributed by atoms with Gasteiger partial charge in [-0.05, 0) is 43.2 Å². The monoisotopic (exact) mass is 509 g/mol. The minimum atomic E-state index is -0.336. The maximum atomic E-state index is 13.5. The van der Waals surface area contributed by atoms with Crippen LogP contribution in [0.1, 0.15) is 43.7 Å². The first-order valence-electron chi connectivity index (χ1n) is 11.5. The number of thioether (sulfide) groups is 1. The van der Waals surface area contributed by atoms with Crippen molar-refractivity contribution in [3.63, 3.8) is 0 Å². The number of carbonyl (C=O) groups excluding carboxylic acids is 1. The Morgan fingerprint density at radius 3 is 2.60 bits per heavy atom. The van der Waals surface area contributed by atoms with Gasteiger partial charge < -0.3 is 9.47 Å². The summed E-state index contributed by atoms with van der Waals surface area (Å²) < 4.78 is 13.5. The van der Waals surface area contributed by atoms with Gasteiger partial charge in [0, 0.05) is 12.7 Å². The summed E-state index contributed by atoms with van der Waals surface area (Å²) in [7, 11) is 1.54. The molecule has 0 aliphatic carbocycles. The van der Waals surface area contributed by atoms with Crippen molar-refractivity contribution in [3.8, 4) is 17.4 Å². The molecule has 1 fully saturated rings. The molecule has 1 aromatic carbocycles. The van der Waals surface area contributed by atoms with E-state index in [9.17, 15) is 9.59 Å². The van der Waals surface area contributed by atoms with Crippen LogP contribution in [0.15, 0.2) is 52.3 Å². The van der Waals surface area contributed by atoms with E-state index < -0.39 is 0 Å². The standard InChI is InChI=1S/C26H27N3O4S2/c1-4-5-6-9-14-29-25(31)21(35-26(29)34)16-18-23(33-20-13-8-7-12-19(20)32-3)27-22-17(2)11-10-15-28(22)24(18)30/h7-8,10-13,15-16H,4-6,9,14H2,1-3H3/b21-16+. The second kappa shape index (κ2) is 11.0. The number of fused-ring (bicyclic) bond motifs is 1. The van der Waals surface area contributed by atoms with Gasteiger partial charge in [0.05, 0.1) is 12.0 Å². The quantitative estimate of drug-likeness (QED) is 0.212. The maximum Gasteiger partial charge on any atom is 0.269 e. The molecule has 0 unspecified atom stereocenters. The SMILES string of the molecule is CCCCCCN1C(=O)/C(=C\c2c(Oc3ccccc3OC)nc3c(C)cccn3c2=O)SC1=S. The molecule has 1 amide bonds. The number of nitrogens with zero attached hydrogens (tertiary/aromatic N) is 3. The molecule has 4 rings (SSSR count). The van der Waals surface area contributed by atoms with Crippen molar-refractivity contribution >= 4 is 45.9 Å². The van der Waals surface area contributed by atoms with E-state index in [1.54, 1.807) is 48.5 Å². The Labute approximate surface area is 213 Å². The second-order valence-corrected chi connectivity index (χ2v) is 9.84. The number of aromatic nitrogens is 2. The maximum absolute atomic E-state index is 13.5. The predicted octanol–water partition coefficient (Wildman–Crippen LogP) is 5.59. The van der Waals surface area contributed by atoms with Crippen LogP contribution in [-0.4, -0.2) is 38.2 Å². The van der Waals surface area contributed by atoms with Crippen LogP contribution < -0.4 is 15.0 Å². The molecule has 3 heterocycles. The number of thiocarbonyl (C=S) groups is 1. The van der Waals surface area contributed by atoms with Gasteiger partial charge in [-0.15, -0.1) is 0 Å². The molecule has 2 aromatic heterocycles. The summed E-state index contributed by atoms with van der Waals surface area (Å²) in [5.41, 5.74) is 1.13. The number of amides is 1. The number of hydrogen-bond acceptors (Lipinski definition) is 7. The molecule has 0 bridgehead atoms. The van der Waals surface area contributed by atoms with Crippen LogP contribution in [0, 0.1) is 6.92 Å². The van der Waals surface area contributed by atoms with Crippen LogP contribution in [-0.2, 0) is 4.79 Å². The molecular weight excluding hydrogens is 482 g/mol. The summed E-state index contributed by atoms with van der Waals surface area (Å²) in [4.78, 5) is 33.3. The molecule has 0 saturated carbocycles. The van der Waals surface area contributed by atoms with Gasteiger partial charge in [-0.25, -0.2) is 0 Å². The van der Waals surface area contributed by atoms with Crippen LogP contribution in [0.3, 0.4) is 0 Å². The summed E-state index contributed by atoms with van der Waals surface area (Å²) in [5, 5.41) is 0. The van der Waals surface area contributed by atoms with E-state index in [0.29, 0.717) is 32.9 Å². The Balaban J connectivity index is 1.77. The van der Waals surface area contributed by atoms with Crippen LogP contribution in [0.25, 0.3) is 11.7 Å². The number of carbonyl (C=O) groups is 1. The van der Waals surface area contributed by atoms with Gasteiger partial charge in [-0.1, -0.05) is 68.4 Å². The van der Waals surface area contributed by atoms with Gasteiger partial charge in [0.1, 0.15) is 15.5 Å². The first-order chi connectivity index (χ1) is 16.9. The Morgan fingerprint density at radius 1 is 1.09 bits per heavy atom. The molecule has 7 nitrogen and oxygen atoms in total. The number of benzene rings is 1. The third-order valence-electron chi connectivity index (χ3n) is 5.71. The lowest BCUT2D eigenvalue weighted by Crippen LogP contribution is -2.29. The molecule has 1 aliphatic heterocycles. The number of pyridine rings is 1. The third kappa shape index (κ3) is 5.26.